The maximum atomic E-state index is 12.7. The molecule has 9 nitrogen and oxygen atoms in total. The summed E-state index contributed by atoms with van der Waals surface area (Å²) in [6, 6.07) is 10.6. The van der Waals surface area contributed by atoms with Crippen LogP contribution in [0.4, 0.5) is 0 Å². The number of fused-ring (bicyclic) bond motifs is 1. The molecule has 3 aromatic rings. The van der Waals surface area contributed by atoms with Crippen molar-refractivity contribution in [3.63, 3.8) is 0 Å². The fraction of sp³-hybridized carbons (Fsp3) is 0.304. The number of hydrogen-bond donors (Lipinski definition) is 2. The Kier molecular flexibility index (Phi) is 6.85. The van der Waals surface area contributed by atoms with Gasteiger partial charge in [-0.2, -0.15) is 0 Å². The summed E-state index contributed by atoms with van der Waals surface area (Å²) in [5.74, 6) is 2.69. The molecule has 2 heterocycles. The van der Waals surface area contributed by atoms with Gasteiger partial charge in [-0.15, -0.1) is 11.3 Å². The summed E-state index contributed by atoms with van der Waals surface area (Å²) in [5, 5.41) is 13.6. The predicted octanol–water partition coefficient (Wildman–Crippen LogP) is 3.03. The lowest BCUT2D eigenvalue weighted by molar-refractivity contribution is 0.0846. The standard InChI is InChI=1S/C23H24N2O7S/c1-13-21(33-23(25-13)14-4-6-17(28-2)19(8-14)29-3)22(27)24-10-15(26)11-30-16-5-7-18-20(9-16)32-12-31-18/h4-9,15,26H,10-12H2,1-3H3,(H,24,27). The minimum Gasteiger partial charge on any atom is -0.493 e. The van der Waals surface area contributed by atoms with Crippen molar-refractivity contribution >= 4 is 17.2 Å². The number of thiazole rings is 1. The van der Waals surface area contributed by atoms with E-state index in [0.717, 1.165) is 5.56 Å². The quantitative estimate of drug-likeness (QED) is 0.489. The number of aromatic nitrogens is 1. The van der Waals surface area contributed by atoms with Crippen molar-refractivity contribution in [3.8, 4) is 39.3 Å². The molecule has 1 atom stereocenters. The molecular weight excluding hydrogens is 448 g/mol. The second-order valence-corrected chi connectivity index (χ2v) is 8.19. The first kappa shape index (κ1) is 22.7. The fourth-order valence-electron chi connectivity index (χ4n) is 3.21. The molecule has 1 unspecified atom stereocenters. The molecule has 0 saturated carbocycles. The van der Waals surface area contributed by atoms with Gasteiger partial charge in [-0.05, 0) is 37.3 Å². The number of carbonyl (C=O) groups excluding carboxylic acids is 1. The zero-order chi connectivity index (χ0) is 23.4. The Labute approximate surface area is 194 Å². The third-order valence-corrected chi connectivity index (χ3v) is 6.12. The molecule has 4 rings (SSSR count). The van der Waals surface area contributed by atoms with Crippen molar-refractivity contribution in [2.75, 3.05) is 34.2 Å². The fourth-order valence-corrected chi connectivity index (χ4v) is 4.19. The summed E-state index contributed by atoms with van der Waals surface area (Å²) in [4.78, 5) is 17.7. The Morgan fingerprint density at radius 3 is 2.73 bits per heavy atom. The van der Waals surface area contributed by atoms with E-state index < -0.39 is 6.10 Å². The van der Waals surface area contributed by atoms with Gasteiger partial charge in [0, 0.05) is 18.2 Å². The van der Waals surface area contributed by atoms with E-state index in [2.05, 4.69) is 10.3 Å². The second kappa shape index (κ2) is 9.97. The van der Waals surface area contributed by atoms with Gasteiger partial charge in [0.1, 0.15) is 28.3 Å². The number of amides is 1. The normalized spacial score (nSPS) is 12.8. The number of carbonyl (C=O) groups is 1. The van der Waals surface area contributed by atoms with Gasteiger partial charge in [-0.3, -0.25) is 4.79 Å². The highest BCUT2D eigenvalue weighted by molar-refractivity contribution is 7.17. The maximum absolute atomic E-state index is 12.7. The summed E-state index contributed by atoms with van der Waals surface area (Å²) in [6.45, 7) is 2.00. The molecule has 0 fully saturated rings. The summed E-state index contributed by atoms with van der Waals surface area (Å²) in [5.41, 5.74) is 1.42. The minimum atomic E-state index is -0.891. The molecule has 1 aromatic heterocycles. The predicted molar refractivity (Wildman–Crippen MR) is 122 cm³/mol. The topological polar surface area (TPSA) is 108 Å². The first-order valence-corrected chi connectivity index (χ1v) is 11.0. The molecule has 2 aromatic carbocycles. The molecular formula is C23H24N2O7S. The van der Waals surface area contributed by atoms with E-state index in [9.17, 15) is 9.90 Å². The Bertz CT molecular complexity index is 1150. The third-order valence-electron chi connectivity index (χ3n) is 4.92. The number of nitrogens with one attached hydrogen (secondary N) is 1. The van der Waals surface area contributed by atoms with E-state index >= 15 is 0 Å². The summed E-state index contributed by atoms with van der Waals surface area (Å²) < 4.78 is 26.8. The SMILES string of the molecule is COc1ccc(-c2nc(C)c(C(=O)NCC(O)COc3ccc4c(c3)OCO4)s2)cc1OC. The van der Waals surface area contributed by atoms with Crippen LogP contribution in [0.2, 0.25) is 0 Å². The zero-order valence-electron chi connectivity index (χ0n) is 18.4. The number of ether oxygens (including phenoxy) is 5. The van der Waals surface area contributed by atoms with Crippen LogP contribution in [0.5, 0.6) is 28.7 Å². The molecule has 0 aliphatic carbocycles. The van der Waals surface area contributed by atoms with Gasteiger partial charge in [-0.1, -0.05) is 0 Å². The van der Waals surface area contributed by atoms with Gasteiger partial charge in [0.05, 0.1) is 19.9 Å². The van der Waals surface area contributed by atoms with Crippen LogP contribution in [0.15, 0.2) is 36.4 Å². The highest BCUT2D eigenvalue weighted by Crippen LogP contribution is 2.36. The van der Waals surface area contributed by atoms with E-state index in [-0.39, 0.29) is 25.9 Å². The molecule has 1 aliphatic rings. The van der Waals surface area contributed by atoms with Gasteiger partial charge in [0.25, 0.3) is 5.91 Å². The summed E-state index contributed by atoms with van der Waals surface area (Å²) in [6.07, 6.45) is -0.891. The molecule has 0 spiro atoms. The highest BCUT2D eigenvalue weighted by Gasteiger charge is 2.19. The van der Waals surface area contributed by atoms with Crippen LogP contribution < -0.4 is 29.0 Å². The van der Waals surface area contributed by atoms with Crippen LogP contribution in [0.25, 0.3) is 10.6 Å². The number of methoxy groups -OCH3 is 2. The molecule has 0 bridgehead atoms. The van der Waals surface area contributed by atoms with E-state index in [0.29, 0.717) is 44.3 Å². The minimum absolute atomic E-state index is 0.0124. The van der Waals surface area contributed by atoms with Crippen molar-refractivity contribution in [1.29, 1.82) is 0 Å². The lowest BCUT2D eigenvalue weighted by atomic mass is 10.2. The van der Waals surface area contributed by atoms with E-state index in [4.69, 9.17) is 23.7 Å². The smallest absolute Gasteiger partial charge is 0.263 e. The average Bonchev–Trinajstić information content (AvgIpc) is 3.46. The Morgan fingerprint density at radius 1 is 1.15 bits per heavy atom. The summed E-state index contributed by atoms with van der Waals surface area (Å²) >= 11 is 1.27. The summed E-state index contributed by atoms with van der Waals surface area (Å²) in [7, 11) is 3.14. The molecule has 0 saturated heterocycles. The second-order valence-electron chi connectivity index (χ2n) is 7.19. The highest BCUT2D eigenvalue weighted by atomic mass is 32.1. The Balaban J connectivity index is 1.33. The van der Waals surface area contributed by atoms with Gasteiger partial charge in [-0.25, -0.2) is 4.98 Å². The molecule has 2 N–H and O–H groups in total. The van der Waals surface area contributed by atoms with Gasteiger partial charge < -0.3 is 34.1 Å². The molecule has 33 heavy (non-hydrogen) atoms. The first-order valence-electron chi connectivity index (χ1n) is 10.2. The van der Waals surface area contributed by atoms with Crippen LogP contribution in [0.3, 0.4) is 0 Å². The lowest BCUT2D eigenvalue weighted by Crippen LogP contribution is -2.35. The van der Waals surface area contributed by atoms with E-state index in [1.807, 2.05) is 12.1 Å². The van der Waals surface area contributed by atoms with Crippen LogP contribution in [0.1, 0.15) is 15.4 Å². The number of aryl methyl sites for hydroxylation is 1. The molecule has 174 valence electrons. The van der Waals surface area contributed by atoms with Crippen molar-refractivity contribution in [2.24, 2.45) is 0 Å². The maximum Gasteiger partial charge on any atom is 0.263 e. The zero-order valence-corrected chi connectivity index (χ0v) is 19.2. The van der Waals surface area contributed by atoms with Gasteiger partial charge >= 0.3 is 0 Å². The molecule has 10 heteroatoms. The van der Waals surface area contributed by atoms with Crippen LogP contribution in [0, 0.1) is 6.92 Å². The van der Waals surface area contributed by atoms with Crippen LogP contribution in [-0.2, 0) is 0 Å². The number of benzene rings is 2. The molecule has 1 aliphatic heterocycles. The number of aliphatic hydroxyl groups excluding tert-OH is 1. The van der Waals surface area contributed by atoms with Crippen molar-refractivity contribution in [3.05, 3.63) is 47.0 Å². The lowest BCUT2D eigenvalue weighted by Gasteiger charge is -2.13. The van der Waals surface area contributed by atoms with Crippen molar-refractivity contribution in [2.45, 2.75) is 13.0 Å². The van der Waals surface area contributed by atoms with E-state index in [1.165, 1.54) is 11.3 Å². The molecule has 0 radical (unpaired) electrons. The number of rotatable bonds is 9. The number of aliphatic hydroxyl groups is 1. The Morgan fingerprint density at radius 2 is 1.94 bits per heavy atom. The average molecular weight is 473 g/mol. The Hall–Kier alpha value is -3.50. The van der Waals surface area contributed by atoms with Gasteiger partial charge in [0.2, 0.25) is 6.79 Å². The van der Waals surface area contributed by atoms with Crippen LogP contribution >= 0.6 is 11.3 Å². The van der Waals surface area contributed by atoms with Crippen LogP contribution in [-0.4, -0.2) is 56.3 Å². The monoisotopic (exact) mass is 472 g/mol. The molecule has 1 amide bonds. The van der Waals surface area contributed by atoms with Gasteiger partial charge in [0.15, 0.2) is 23.0 Å². The third kappa shape index (κ3) is 5.12. The van der Waals surface area contributed by atoms with Crippen molar-refractivity contribution < 1.29 is 33.6 Å². The van der Waals surface area contributed by atoms with E-state index in [1.54, 1.807) is 45.4 Å². The first-order chi connectivity index (χ1) is 16.0. The number of hydrogen-bond acceptors (Lipinski definition) is 9. The van der Waals surface area contributed by atoms with Crippen molar-refractivity contribution in [1.82, 2.24) is 10.3 Å². The number of nitrogens with zero attached hydrogens (tertiary/aromatic N) is 1. The largest absolute Gasteiger partial charge is 0.493 e.